The van der Waals surface area contributed by atoms with Crippen LogP contribution in [-0.2, 0) is 14.8 Å². The summed E-state index contributed by atoms with van der Waals surface area (Å²) in [6.07, 6.45) is 1.14. The van der Waals surface area contributed by atoms with Crippen LogP contribution in [0, 0.1) is 5.92 Å². The number of benzene rings is 2. The highest BCUT2D eigenvalue weighted by atomic mass is 35.5. The minimum absolute atomic E-state index is 0.0825. The van der Waals surface area contributed by atoms with E-state index in [2.05, 4.69) is 5.32 Å². The van der Waals surface area contributed by atoms with E-state index in [4.69, 9.17) is 39.5 Å². The van der Waals surface area contributed by atoms with Gasteiger partial charge in [0.25, 0.3) is 0 Å². The minimum Gasteiger partial charge on any atom is -0.497 e. The van der Waals surface area contributed by atoms with Gasteiger partial charge in [0.05, 0.1) is 38.7 Å². The molecule has 1 saturated heterocycles. The fourth-order valence-corrected chi connectivity index (χ4v) is 5.24. The third-order valence-corrected chi connectivity index (χ3v) is 7.63. The summed E-state index contributed by atoms with van der Waals surface area (Å²) in [6.45, 7) is 0.435. The maximum Gasteiger partial charge on any atom is 0.243 e. The van der Waals surface area contributed by atoms with Gasteiger partial charge in [0, 0.05) is 13.1 Å². The molecule has 3 rings (SSSR count). The molecule has 1 fully saturated rings. The van der Waals surface area contributed by atoms with Gasteiger partial charge in [-0.05, 0) is 49.2 Å². The zero-order valence-electron chi connectivity index (χ0n) is 15.5. The summed E-state index contributed by atoms with van der Waals surface area (Å²) in [4.78, 5) is 12.9. The van der Waals surface area contributed by atoms with E-state index in [1.807, 2.05) is 0 Å². The van der Waals surface area contributed by atoms with Crippen LogP contribution in [0.4, 0.5) is 5.69 Å². The number of carbonyl (C=O) groups excluding carboxylic acids is 1. The number of carbonyl (C=O) groups is 1. The van der Waals surface area contributed by atoms with Crippen LogP contribution in [0.2, 0.25) is 15.1 Å². The first kappa shape index (κ1) is 22.2. The van der Waals surface area contributed by atoms with Gasteiger partial charge in [-0.25, -0.2) is 8.42 Å². The molecule has 29 heavy (non-hydrogen) atoms. The van der Waals surface area contributed by atoms with Gasteiger partial charge in [0.2, 0.25) is 15.9 Å². The highest BCUT2D eigenvalue weighted by Gasteiger charge is 2.33. The Kier molecular flexibility index (Phi) is 6.96. The molecule has 0 aromatic heterocycles. The molecule has 156 valence electrons. The maximum atomic E-state index is 12.9. The zero-order valence-corrected chi connectivity index (χ0v) is 18.6. The molecular formula is C19H19Cl3N2O4S. The van der Waals surface area contributed by atoms with E-state index >= 15 is 0 Å². The summed E-state index contributed by atoms with van der Waals surface area (Å²) in [7, 11) is -2.20. The Hall–Kier alpha value is -1.51. The van der Waals surface area contributed by atoms with Gasteiger partial charge in [0.1, 0.15) is 5.75 Å². The number of hydrogen-bond donors (Lipinski definition) is 1. The first-order valence-corrected chi connectivity index (χ1v) is 11.4. The molecule has 1 aliphatic heterocycles. The number of methoxy groups -OCH3 is 1. The molecule has 1 N–H and O–H groups in total. The van der Waals surface area contributed by atoms with Crippen molar-refractivity contribution in [3.8, 4) is 5.75 Å². The number of halogens is 3. The van der Waals surface area contributed by atoms with Crippen molar-refractivity contribution >= 4 is 56.4 Å². The van der Waals surface area contributed by atoms with Crippen LogP contribution in [0.15, 0.2) is 41.3 Å². The van der Waals surface area contributed by atoms with Gasteiger partial charge in [-0.1, -0.05) is 34.8 Å². The van der Waals surface area contributed by atoms with Crippen molar-refractivity contribution in [2.45, 2.75) is 17.7 Å². The molecule has 2 aromatic rings. The van der Waals surface area contributed by atoms with Crippen LogP contribution in [0.1, 0.15) is 12.8 Å². The number of rotatable bonds is 5. The molecule has 10 heteroatoms. The van der Waals surface area contributed by atoms with Gasteiger partial charge in [0.15, 0.2) is 0 Å². The van der Waals surface area contributed by atoms with Crippen LogP contribution < -0.4 is 10.1 Å². The van der Waals surface area contributed by atoms with E-state index in [1.54, 1.807) is 12.1 Å². The van der Waals surface area contributed by atoms with Crippen LogP contribution in [0.3, 0.4) is 0 Å². The van der Waals surface area contributed by atoms with Crippen molar-refractivity contribution in [2.24, 2.45) is 5.92 Å². The molecule has 2 aromatic carbocycles. The highest BCUT2D eigenvalue weighted by Crippen LogP contribution is 2.33. The normalized spacial score (nSPS) is 17.7. The number of hydrogen-bond acceptors (Lipinski definition) is 4. The van der Waals surface area contributed by atoms with Crippen molar-refractivity contribution in [1.82, 2.24) is 4.31 Å². The van der Waals surface area contributed by atoms with Crippen LogP contribution in [0.25, 0.3) is 0 Å². The molecular weight excluding hydrogens is 459 g/mol. The summed E-state index contributed by atoms with van der Waals surface area (Å²) >= 11 is 18.0. The predicted molar refractivity (Wildman–Crippen MR) is 115 cm³/mol. The quantitative estimate of drug-likeness (QED) is 0.634. The number of nitrogens with one attached hydrogen (secondary N) is 1. The lowest BCUT2D eigenvalue weighted by molar-refractivity contribution is -0.120. The summed E-state index contributed by atoms with van der Waals surface area (Å²) in [6, 6.07) is 9.09. The van der Waals surface area contributed by atoms with E-state index in [1.165, 1.54) is 35.7 Å². The Morgan fingerprint density at radius 2 is 1.76 bits per heavy atom. The number of anilines is 1. The van der Waals surface area contributed by atoms with Gasteiger partial charge in [-0.3, -0.25) is 4.79 Å². The van der Waals surface area contributed by atoms with E-state index in [0.717, 1.165) is 0 Å². The standard InChI is InChI=1S/C19H19Cl3N2O4S/c1-28-13-4-6-14(7-5-13)29(26,27)24-8-2-3-12(11-24)19(25)23-18-10-16(21)15(20)9-17(18)22/h4-7,9-10,12H,2-3,8,11H2,1H3,(H,23,25)/t12-/m1/s1. The summed E-state index contributed by atoms with van der Waals surface area (Å²) in [5.41, 5.74) is 0.334. The molecule has 1 atom stereocenters. The average Bonchev–Trinajstić information content (AvgIpc) is 2.72. The molecule has 1 aliphatic rings. The van der Waals surface area contributed by atoms with E-state index < -0.39 is 15.9 Å². The van der Waals surface area contributed by atoms with Crippen LogP contribution >= 0.6 is 34.8 Å². The number of piperidine rings is 1. The molecule has 1 amide bonds. The number of sulfonamides is 1. The molecule has 1 heterocycles. The van der Waals surface area contributed by atoms with Crippen molar-refractivity contribution < 1.29 is 17.9 Å². The first-order valence-electron chi connectivity index (χ1n) is 8.82. The lowest BCUT2D eigenvalue weighted by Gasteiger charge is -2.31. The average molecular weight is 478 g/mol. The smallest absolute Gasteiger partial charge is 0.243 e. The molecule has 6 nitrogen and oxygen atoms in total. The Bertz CT molecular complexity index is 1010. The fourth-order valence-electron chi connectivity index (χ4n) is 3.12. The Labute approximate surface area is 184 Å². The molecule has 0 bridgehead atoms. The molecule has 0 saturated carbocycles. The summed E-state index contributed by atoms with van der Waals surface area (Å²) in [5.74, 6) is -0.263. The fraction of sp³-hybridized carbons (Fsp3) is 0.316. The topological polar surface area (TPSA) is 75.7 Å². The lowest BCUT2D eigenvalue weighted by Crippen LogP contribution is -2.43. The lowest BCUT2D eigenvalue weighted by atomic mass is 9.98. The molecule has 0 aliphatic carbocycles. The third kappa shape index (κ3) is 4.98. The van der Waals surface area contributed by atoms with Crippen LogP contribution in [0.5, 0.6) is 5.75 Å². The van der Waals surface area contributed by atoms with E-state index in [-0.39, 0.29) is 32.4 Å². The Balaban J connectivity index is 1.74. The number of amides is 1. The molecule has 0 radical (unpaired) electrons. The van der Waals surface area contributed by atoms with Crippen molar-refractivity contribution in [3.05, 3.63) is 51.5 Å². The first-order chi connectivity index (χ1) is 13.7. The Morgan fingerprint density at radius 1 is 1.10 bits per heavy atom. The predicted octanol–water partition coefficient (Wildman–Crippen LogP) is 4.69. The van der Waals surface area contributed by atoms with Crippen molar-refractivity contribution in [1.29, 1.82) is 0 Å². The zero-order chi connectivity index (χ0) is 21.2. The second-order valence-electron chi connectivity index (χ2n) is 6.61. The van der Waals surface area contributed by atoms with Crippen molar-refractivity contribution in [3.63, 3.8) is 0 Å². The summed E-state index contributed by atoms with van der Waals surface area (Å²) < 4.78 is 32.3. The second-order valence-corrected chi connectivity index (χ2v) is 9.77. The van der Waals surface area contributed by atoms with Crippen molar-refractivity contribution in [2.75, 3.05) is 25.5 Å². The van der Waals surface area contributed by atoms with E-state index in [9.17, 15) is 13.2 Å². The second kappa shape index (κ2) is 9.10. The summed E-state index contributed by atoms with van der Waals surface area (Å²) in [5, 5.41) is 3.52. The number of ether oxygens (including phenoxy) is 1. The highest BCUT2D eigenvalue weighted by molar-refractivity contribution is 7.89. The SMILES string of the molecule is COc1ccc(S(=O)(=O)N2CCC[C@@H](C(=O)Nc3cc(Cl)c(Cl)cc3Cl)C2)cc1. The largest absolute Gasteiger partial charge is 0.497 e. The minimum atomic E-state index is -3.71. The van der Waals surface area contributed by atoms with Crippen LogP contribution in [-0.4, -0.2) is 38.8 Å². The monoisotopic (exact) mass is 476 g/mol. The van der Waals surface area contributed by atoms with Gasteiger partial charge >= 0.3 is 0 Å². The molecule has 0 unspecified atom stereocenters. The number of nitrogens with zero attached hydrogens (tertiary/aromatic N) is 1. The van der Waals surface area contributed by atoms with Gasteiger partial charge < -0.3 is 10.1 Å². The van der Waals surface area contributed by atoms with Gasteiger partial charge in [-0.2, -0.15) is 4.31 Å². The molecule has 0 spiro atoms. The third-order valence-electron chi connectivity index (χ3n) is 4.72. The van der Waals surface area contributed by atoms with E-state index in [0.29, 0.717) is 30.8 Å². The Morgan fingerprint density at radius 3 is 2.41 bits per heavy atom. The maximum absolute atomic E-state index is 12.9. The van der Waals surface area contributed by atoms with Gasteiger partial charge in [-0.15, -0.1) is 0 Å².